The van der Waals surface area contributed by atoms with Gasteiger partial charge < -0.3 is 11.1 Å². The highest BCUT2D eigenvalue weighted by molar-refractivity contribution is 7.88. The van der Waals surface area contributed by atoms with Crippen LogP contribution >= 0.6 is 11.3 Å². The number of thiophene rings is 1. The van der Waals surface area contributed by atoms with Crippen LogP contribution in [0.5, 0.6) is 0 Å². The first-order valence-electron chi connectivity index (χ1n) is 11.7. The van der Waals surface area contributed by atoms with Gasteiger partial charge in [-0.25, -0.2) is 8.42 Å². The van der Waals surface area contributed by atoms with Gasteiger partial charge in [0.15, 0.2) is 6.29 Å². The fourth-order valence-corrected chi connectivity index (χ4v) is 5.56. The maximum absolute atomic E-state index is 12.9. The molecule has 4 rings (SSSR count). The van der Waals surface area contributed by atoms with Crippen molar-refractivity contribution in [1.82, 2.24) is 10.0 Å². The van der Waals surface area contributed by atoms with E-state index in [0.717, 1.165) is 22.3 Å². The molecule has 8 nitrogen and oxygen atoms in total. The molecule has 5 N–H and O–H groups in total. The SMILES string of the molecule is CS(=O)(=O)N[C@](C=O)(Cc1ccc(C(=O)Nc2cc(-c3cccs3)ccc2N)cc1)NCc1ccccc1. The number of nitrogens with two attached hydrogens (primary N) is 1. The molecule has 4 aromatic rings. The lowest BCUT2D eigenvalue weighted by atomic mass is 9.99. The fraction of sp³-hybridized carbons (Fsp3) is 0.143. The number of carbonyl (C=O) groups excluding carboxylic acids is 2. The van der Waals surface area contributed by atoms with Crippen molar-refractivity contribution >= 4 is 44.9 Å². The van der Waals surface area contributed by atoms with Crippen LogP contribution in [0.2, 0.25) is 0 Å². The molecule has 0 aliphatic rings. The summed E-state index contributed by atoms with van der Waals surface area (Å²) in [6.07, 6.45) is 1.59. The molecule has 0 saturated carbocycles. The van der Waals surface area contributed by atoms with Gasteiger partial charge in [0.2, 0.25) is 10.0 Å². The van der Waals surface area contributed by atoms with Crippen LogP contribution in [-0.2, 0) is 27.8 Å². The summed E-state index contributed by atoms with van der Waals surface area (Å²) in [5.74, 6) is -0.343. The van der Waals surface area contributed by atoms with Crippen molar-refractivity contribution in [3.8, 4) is 10.4 Å². The summed E-state index contributed by atoms with van der Waals surface area (Å²) >= 11 is 1.59. The number of rotatable bonds is 11. The van der Waals surface area contributed by atoms with Crippen molar-refractivity contribution in [2.75, 3.05) is 17.3 Å². The van der Waals surface area contributed by atoms with Crippen LogP contribution in [-0.4, -0.2) is 32.5 Å². The van der Waals surface area contributed by atoms with Gasteiger partial charge in [-0.3, -0.25) is 14.9 Å². The average Bonchev–Trinajstić information content (AvgIpc) is 3.44. The van der Waals surface area contributed by atoms with E-state index in [2.05, 4.69) is 15.4 Å². The molecule has 0 aliphatic heterocycles. The van der Waals surface area contributed by atoms with Gasteiger partial charge in [0.25, 0.3) is 5.91 Å². The van der Waals surface area contributed by atoms with E-state index in [9.17, 15) is 18.0 Å². The Bertz CT molecular complexity index is 1510. The highest BCUT2D eigenvalue weighted by atomic mass is 32.2. The minimum atomic E-state index is -3.72. The van der Waals surface area contributed by atoms with E-state index >= 15 is 0 Å². The maximum atomic E-state index is 12.9. The van der Waals surface area contributed by atoms with Gasteiger partial charge in [0.05, 0.1) is 17.6 Å². The molecule has 1 aromatic heterocycles. The van der Waals surface area contributed by atoms with Gasteiger partial charge in [-0.2, -0.15) is 4.72 Å². The summed E-state index contributed by atoms with van der Waals surface area (Å²) in [6.45, 7) is 0.272. The van der Waals surface area contributed by atoms with Crippen molar-refractivity contribution < 1.29 is 18.0 Å². The Morgan fingerprint density at radius 3 is 2.34 bits per heavy atom. The first kappa shape index (κ1) is 27.2. The van der Waals surface area contributed by atoms with E-state index in [1.165, 1.54) is 0 Å². The first-order chi connectivity index (χ1) is 18.2. The number of hydrogen-bond acceptors (Lipinski definition) is 7. The van der Waals surface area contributed by atoms with Crippen molar-refractivity contribution in [1.29, 1.82) is 0 Å². The van der Waals surface area contributed by atoms with Crippen LogP contribution in [0.1, 0.15) is 21.5 Å². The van der Waals surface area contributed by atoms with E-state index in [1.807, 2.05) is 60.0 Å². The van der Waals surface area contributed by atoms with Crippen molar-refractivity contribution in [2.24, 2.45) is 0 Å². The first-order valence-corrected chi connectivity index (χ1v) is 14.5. The van der Waals surface area contributed by atoms with Crippen molar-refractivity contribution in [2.45, 2.75) is 18.6 Å². The van der Waals surface area contributed by atoms with E-state index in [1.54, 1.807) is 41.7 Å². The van der Waals surface area contributed by atoms with Crippen molar-refractivity contribution in [3.05, 3.63) is 107 Å². The molecule has 0 bridgehead atoms. The number of hydrogen-bond donors (Lipinski definition) is 4. The second-order valence-electron chi connectivity index (χ2n) is 8.91. The van der Waals surface area contributed by atoms with Crippen LogP contribution in [0.3, 0.4) is 0 Å². The van der Waals surface area contributed by atoms with Crippen LogP contribution in [0.4, 0.5) is 11.4 Å². The third-order valence-corrected chi connectivity index (χ3v) is 7.48. The molecule has 3 aromatic carbocycles. The third-order valence-electron chi connectivity index (χ3n) is 5.83. The molecule has 0 fully saturated rings. The van der Waals surface area contributed by atoms with Crippen molar-refractivity contribution in [3.63, 3.8) is 0 Å². The quantitative estimate of drug-likeness (QED) is 0.127. The molecule has 196 valence electrons. The lowest BCUT2D eigenvalue weighted by Gasteiger charge is -2.30. The summed E-state index contributed by atoms with van der Waals surface area (Å²) < 4.78 is 26.6. The lowest BCUT2D eigenvalue weighted by molar-refractivity contribution is -0.114. The van der Waals surface area contributed by atoms with E-state index in [-0.39, 0.29) is 18.9 Å². The normalized spacial score (nSPS) is 13.0. The Balaban J connectivity index is 1.50. The molecule has 0 saturated heterocycles. The number of carbonyl (C=O) groups is 2. The summed E-state index contributed by atoms with van der Waals surface area (Å²) in [7, 11) is -3.72. The molecular weight excluding hydrogens is 520 g/mol. The molecule has 0 radical (unpaired) electrons. The molecule has 10 heteroatoms. The Morgan fingerprint density at radius 2 is 1.71 bits per heavy atom. The van der Waals surface area contributed by atoms with Gasteiger partial charge in [0.1, 0.15) is 5.66 Å². The number of nitrogen functional groups attached to an aromatic ring is 1. The topological polar surface area (TPSA) is 130 Å². The molecular formula is C28H28N4O4S2. The molecule has 1 amide bonds. The van der Waals surface area contributed by atoms with Gasteiger partial charge in [0, 0.05) is 23.4 Å². The number of benzene rings is 3. The molecule has 0 unspecified atom stereocenters. The minimum absolute atomic E-state index is 0.0358. The second-order valence-corrected chi connectivity index (χ2v) is 11.6. The van der Waals surface area contributed by atoms with Crippen LogP contribution in [0.25, 0.3) is 10.4 Å². The summed E-state index contributed by atoms with van der Waals surface area (Å²) in [6, 6.07) is 25.4. The standard InChI is InChI=1S/C28H28N4O4S2/c1-38(35,36)32-28(19-33,30-18-21-6-3-2-4-7-21)17-20-9-11-22(12-10-20)27(34)31-25-16-23(13-14-24(25)29)26-8-5-15-37-26/h2-16,19,30,32H,17-18,29H2,1H3,(H,31,34)/t28-/m0/s1. The third kappa shape index (κ3) is 7.14. The highest BCUT2D eigenvalue weighted by Gasteiger charge is 2.33. The highest BCUT2D eigenvalue weighted by Crippen LogP contribution is 2.30. The van der Waals surface area contributed by atoms with E-state index in [0.29, 0.717) is 28.8 Å². The minimum Gasteiger partial charge on any atom is -0.397 e. The molecule has 38 heavy (non-hydrogen) atoms. The number of amides is 1. The zero-order valence-electron chi connectivity index (χ0n) is 20.7. The molecule has 1 atom stereocenters. The maximum Gasteiger partial charge on any atom is 0.255 e. The molecule has 0 spiro atoms. The van der Waals surface area contributed by atoms with Gasteiger partial charge in [-0.05, 0) is 52.4 Å². The number of sulfonamides is 1. The summed E-state index contributed by atoms with van der Waals surface area (Å²) in [5, 5.41) is 7.88. The van der Waals surface area contributed by atoms with Crippen LogP contribution in [0, 0.1) is 0 Å². The lowest BCUT2D eigenvalue weighted by Crippen LogP contribution is -2.61. The smallest absolute Gasteiger partial charge is 0.255 e. The van der Waals surface area contributed by atoms with Gasteiger partial charge in [-0.1, -0.05) is 54.6 Å². The predicted molar refractivity (Wildman–Crippen MR) is 152 cm³/mol. The van der Waals surface area contributed by atoms with Crippen LogP contribution in [0.15, 0.2) is 90.3 Å². The zero-order valence-corrected chi connectivity index (χ0v) is 22.3. The van der Waals surface area contributed by atoms with Gasteiger partial charge >= 0.3 is 0 Å². The Morgan fingerprint density at radius 1 is 0.974 bits per heavy atom. The Labute approximate surface area is 226 Å². The van der Waals surface area contributed by atoms with Gasteiger partial charge in [-0.15, -0.1) is 11.3 Å². The summed E-state index contributed by atoms with van der Waals surface area (Å²) in [5.41, 5.74) is 8.37. The average molecular weight is 549 g/mol. The fourth-order valence-electron chi connectivity index (χ4n) is 3.98. The summed E-state index contributed by atoms with van der Waals surface area (Å²) in [4.78, 5) is 26.2. The molecule has 1 heterocycles. The van der Waals surface area contributed by atoms with Crippen LogP contribution < -0.4 is 21.1 Å². The largest absolute Gasteiger partial charge is 0.397 e. The number of aldehydes is 1. The second kappa shape index (κ2) is 11.7. The monoisotopic (exact) mass is 548 g/mol. The number of anilines is 2. The Kier molecular flexibility index (Phi) is 8.38. The molecule has 0 aliphatic carbocycles. The predicted octanol–water partition coefficient (Wildman–Crippen LogP) is 4.03. The van der Waals surface area contributed by atoms with E-state index in [4.69, 9.17) is 5.73 Å². The zero-order chi connectivity index (χ0) is 27.2. The Hall–Kier alpha value is -3.83. The van der Waals surface area contributed by atoms with E-state index < -0.39 is 15.7 Å². The number of nitrogens with one attached hydrogen (secondary N) is 3.